The summed E-state index contributed by atoms with van der Waals surface area (Å²) in [5.41, 5.74) is -0.914. The van der Waals surface area contributed by atoms with Gasteiger partial charge in [-0.2, -0.15) is 0 Å². The van der Waals surface area contributed by atoms with Gasteiger partial charge in [-0.05, 0) is 62.2 Å². The summed E-state index contributed by atoms with van der Waals surface area (Å²) in [5, 5.41) is 24.0. The minimum Gasteiger partial charge on any atom is -0.446 e. The summed E-state index contributed by atoms with van der Waals surface area (Å²) in [5.74, 6) is 0.0408. The molecule has 1 saturated heterocycles. The largest absolute Gasteiger partial charge is 0.446 e. The summed E-state index contributed by atoms with van der Waals surface area (Å²) in [4.78, 5) is 27.2. The Bertz CT molecular complexity index is 664. The molecule has 0 aromatic carbocycles. The number of likely N-dealkylation sites (tertiary alicyclic amines) is 1. The van der Waals surface area contributed by atoms with Crippen LogP contribution in [0.5, 0.6) is 0 Å². The van der Waals surface area contributed by atoms with Crippen LogP contribution in [0.15, 0.2) is 12.7 Å². The van der Waals surface area contributed by atoms with Gasteiger partial charge in [-0.1, -0.05) is 19.9 Å². The molecule has 3 fully saturated rings. The zero-order valence-electron chi connectivity index (χ0n) is 19.1. The first-order valence-electron chi connectivity index (χ1n) is 11.9. The van der Waals surface area contributed by atoms with Crippen LogP contribution in [-0.4, -0.2) is 65.6 Å². The molecule has 3 N–H and O–H groups in total. The molecule has 0 aromatic heterocycles. The Morgan fingerprint density at radius 2 is 1.90 bits per heavy atom. The predicted molar refractivity (Wildman–Crippen MR) is 118 cm³/mol. The molecule has 3 aliphatic rings. The number of rotatable bonds is 6. The van der Waals surface area contributed by atoms with Crippen LogP contribution in [0.2, 0.25) is 0 Å². The van der Waals surface area contributed by atoms with Crippen molar-refractivity contribution in [1.82, 2.24) is 10.2 Å². The fourth-order valence-corrected chi connectivity index (χ4v) is 6.57. The lowest BCUT2D eigenvalue weighted by Gasteiger charge is -2.60. The summed E-state index contributed by atoms with van der Waals surface area (Å²) in [7, 11) is 0. The number of alkyl carbamates (subject to hydrolysis) is 1. The van der Waals surface area contributed by atoms with Gasteiger partial charge in [-0.15, -0.1) is 6.58 Å². The fourth-order valence-electron chi connectivity index (χ4n) is 6.57. The number of carbonyl (C=O) groups excluding carboxylic acids is 2. The zero-order chi connectivity index (χ0) is 22.6. The molecule has 1 aliphatic heterocycles. The van der Waals surface area contributed by atoms with Gasteiger partial charge in [0.05, 0.1) is 12.7 Å². The highest BCUT2D eigenvalue weighted by molar-refractivity contribution is 5.76. The van der Waals surface area contributed by atoms with Gasteiger partial charge in [0.25, 0.3) is 0 Å². The summed E-state index contributed by atoms with van der Waals surface area (Å²) in [6.07, 6.45) is 6.49. The van der Waals surface area contributed by atoms with Crippen molar-refractivity contribution in [2.75, 3.05) is 26.2 Å². The Morgan fingerprint density at radius 3 is 2.55 bits per heavy atom. The first kappa shape index (κ1) is 24.1. The SMILES string of the molecule is C=CCNC(=O)O[C@@H]1CC[C@]2(C)[C@@H](CC[C@@H](O)[C@H]2CC(=O)N2CCCCC2)[C@]1(C)CO. The summed E-state index contributed by atoms with van der Waals surface area (Å²) >= 11 is 0. The lowest BCUT2D eigenvalue weighted by molar-refractivity contribution is -0.187. The third-order valence-electron chi connectivity index (χ3n) is 8.42. The van der Waals surface area contributed by atoms with E-state index in [0.717, 1.165) is 38.8 Å². The van der Waals surface area contributed by atoms with Gasteiger partial charge < -0.3 is 25.2 Å². The lowest BCUT2D eigenvalue weighted by atomic mass is 9.46. The molecule has 3 rings (SSSR count). The van der Waals surface area contributed by atoms with Crippen molar-refractivity contribution in [2.24, 2.45) is 22.7 Å². The molecule has 7 nitrogen and oxygen atoms in total. The Kier molecular flexibility index (Phi) is 7.68. The van der Waals surface area contributed by atoms with Crippen LogP contribution in [0, 0.1) is 22.7 Å². The topological polar surface area (TPSA) is 99.1 Å². The molecule has 0 radical (unpaired) electrons. The van der Waals surface area contributed by atoms with Crippen LogP contribution in [0.4, 0.5) is 4.79 Å². The van der Waals surface area contributed by atoms with E-state index in [4.69, 9.17) is 4.74 Å². The Balaban J connectivity index is 1.78. The maximum Gasteiger partial charge on any atom is 0.407 e. The van der Waals surface area contributed by atoms with Crippen LogP contribution in [0.1, 0.15) is 65.2 Å². The van der Waals surface area contributed by atoms with Gasteiger partial charge in [0.1, 0.15) is 6.10 Å². The number of nitrogens with one attached hydrogen (secondary N) is 1. The van der Waals surface area contributed by atoms with Gasteiger partial charge in [0.2, 0.25) is 5.91 Å². The van der Waals surface area contributed by atoms with Gasteiger partial charge in [0, 0.05) is 31.5 Å². The highest BCUT2D eigenvalue weighted by Gasteiger charge is 2.60. The van der Waals surface area contributed by atoms with Crippen LogP contribution in [0.25, 0.3) is 0 Å². The molecule has 176 valence electrons. The number of nitrogens with zero attached hydrogens (tertiary/aromatic N) is 1. The average Bonchev–Trinajstić information content (AvgIpc) is 2.77. The summed E-state index contributed by atoms with van der Waals surface area (Å²) in [6.45, 7) is 9.60. The van der Waals surface area contributed by atoms with Crippen molar-refractivity contribution < 1.29 is 24.5 Å². The van der Waals surface area contributed by atoms with E-state index >= 15 is 0 Å². The number of fused-ring (bicyclic) bond motifs is 1. The number of hydrogen-bond donors (Lipinski definition) is 3. The van der Waals surface area contributed by atoms with E-state index in [1.165, 1.54) is 6.42 Å². The molecule has 2 aliphatic carbocycles. The standard InChI is InChI=1S/C24H40N2O5/c1-4-12-25-22(30)31-20-10-11-23(2)17(15-21(29)26-13-6-5-7-14-26)18(28)8-9-19(23)24(20,3)16-27/h4,17-20,27-28H,1,5-16H2,2-3H3,(H,25,30)/t17-,18-,19-,20-,23+,24+/m1/s1. The maximum atomic E-state index is 13.0. The molecule has 0 aromatic rings. The fraction of sp³-hybridized carbons (Fsp3) is 0.833. The molecule has 2 amide bonds. The first-order chi connectivity index (χ1) is 14.8. The maximum absolute atomic E-state index is 13.0. The molecule has 1 heterocycles. The number of ether oxygens (including phenoxy) is 1. The highest BCUT2D eigenvalue weighted by atomic mass is 16.6. The van der Waals surface area contributed by atoms with E-state index < -0.39 is 23.7 Å². The van der Waals surface area contributed by atoms with Crippen LogP contribution < -0.4 is 5.32 Å². The average molecular weight is 437 g/mol. The smallest absolute Gasteiger partial charge is 0.407 e. The van der Waals surface area contributed by atoms with Crippen molar-refractivity contribution in [3.05, 3.63) is 12.7 Å². The van der Waals surface area contributed by atoms with E-state index in [1.807, 2.05) is 11.8 Å². The van der Waals surface area contributed by atoms with E-state index in [1.54, 1.807) is 6.08 Å². The second kappa shape index (κ2) is 9.90. The molecule has 2 saturated carbocycles. The van der Waals surface area contributed by atoms with E-state index in [9.17, 15) is 19.8 Å². The first-order valence-corrected chi connectivity index (χ1v) is 11.9. The third-order valence-corrected chi connectivity index (χ3v) is 8.42. The monoisotopic (exact) mass is 436 g/mol. The zero-order valence-corrected chi connectivity index (χ0v) is 19.1. The van der Waals surface area contributed by atoms with Crippen LogP contribution >= 0.6 is 0 Å². The number of aliphatic hydroxyl groups excluding tert-OH is 2. The molecule has 6 atom stereocenters. The molecule has 0 unspecified atom stereocenters. The second-order valence-electron chi connectivity index (χ2n) is 10.2. The molecular weight excluding hydrogens is 396 g/mol. The van der Waals surface area contributed by atoms with Crippen molar-refractivity contribution in [1.29, 1.82) is 0 Å². The van der Waals surface area contributed by atoms with Crippen LogP contribution in [-0.2, 0) is 9.53 Å². The van der Waals surface area contributed by atoms with Crippen molar-refractivity contribution in [2.45, 2.75) is 77.4 Å². The number of carbonyl (C=O) groups is 2. The molecule has 7 heteroatoms. The van der Waals surface area contributed by atoms with E-state index in [-0.39, 0.29) is 29.8 Å². The highest BCUT2D eigenvalue weighted by Crippen LogP contribution is 2.61. The van der Waals surface area contributed by atoms with E-state index in [2.05, 4.69) is 18.8 Å². The van der Waals surface area contributed by atoms with Crippen molar-refractivity contribution >= 4 is 12.0 Å². The predicted octanol–water partition coefficient (Wildman–Crippen LogP) is 2.86. The quantitative estimate of drug-likeness (QED) is 0.556. The third kappa shape index (κ3) is 4.77. The molecular formula is C24H40N2O5. The Hall–Kier alpha value is -1.60. The van der Waals surface area contributed by atoms with Crippen molar-refractivity contribution in [3.8, 4) is 0 Å². The molecule has 0 bridgehead atoms. The number of hydrogen-bond acceptors (Lipinski definition) is 5. The van der Waals surface area contributed by atoms with Crippen molar-refractivity contribution in [3.63, 3.8) is 0 Å². The minimum absolute atomic E-state index is 0.0542. The van der Waals surface area contributed by atoms with Gasteiger partial charge in [-0.25, -0.2) is 4.79 Å². The number of amides is 2. The Labute approximate surface area is 186 Å². The number of aliphatic hydroxyl groups is 2. The van der Waals surface area contributed by atoms with Crippen LogP contribution in [0.3, 0.4) is 0 Å². The Morgan fingerprint density at radius 1 is 1.19 bits per heavy atom. The number of piperidine rings is 1. The lowest BCUT2D eigenvalue weighted by Crippen LogP contribution is -2.61. The molecule has 0 spiro atoms. The minimum atomic E-state index is -0.620. The van der Waals surface area contributed by atoms with Gasteiger partial charge >= 0.3 is 6.09 Å². The van der Waals surface area contributed by atoms with Gasteiger partial charge in [-0.3, -0.25) is 4.79 Å². The van der Waals surface area contributed by atoms with Gasteiger partial charge in [0.15, 0.2) is 0 Å². The molecule has 31 heavy (non-hydrogen) atoms. The second-order valence-corrected chi connectivity index (χ2v) is 10.2. The summed E-state index contributed by atoms with van der Waals surface area (Å²) < 4.78 is 5.74. The van der Waals surface area contributed by atoms with E-state index in [0.29, 0.717) is 25.8 Å². The normalized spacial score (nSPS) is 38.1. The summed E-state index contributed by atoms with van der Waals surface area (Å²) in [6, 6.07) is 0.